The monoisotopic (exact) mass is 338 g/mol. The van der Waals surface area contributed by atoms with E-state index in [1.165, 1.54) is 4.90 Å². The molecule has 3 heterocycles. The topological polar surface area (TPSA) is 91.3 Å². The van der Waals surface area contributed by atoms with E-state index in [2.05, 4.69) is 15.0 Å². The van der Waals surface area contributed by atoms with Gasteiger partial charge in [0.05, 0.1) is 29.9 Å². The number of fused-ring (bicyclic) bond motifs is 2. The van der Waals surface area contributed by atoms with Gasteiger partial charge < -0.3 is 14.8 Å². The first kappa shape index (κ1) is 15.6. The lowest BCUT2D eigenvalue weighted by Gasteiger charge is -2.38. The lowest BCUT2D eigenvalue weighted by molar-refractivity contribution is 0.0344. The Bertz CT molecular complexity index is 950. The van der Waals surface area contributed by atoms with Gasteiger partial charge in [0.1, 0.15) is 11.4 Å². The predicted octanol–water partition coefficient (Wildman–Crippen LogP) is 2.81. The first-order chi connectivity index (χ1) is 12.0. The van der Waals surface area contributed by atoms with Crippen LogP contribution in [0.25, 0.3) is 22.4 Å². The zero-order chi connectivity index (χ0) is 17.6. The number of aliphatic hydroxyl groups is 1. The van der Waals surface area contributed by atoms with Crippen LogP contribution in [0.3, 0.4) is 0 Å². The van der Waals surface area contributed by atoms with Gasteiger partial charge in [-0.05, 0) is 38.1 Å². The maximum absolute atomic E-state index is 12.3. The summed E-state index contributed by atoms with van der Waals surface area (Å²) in [5.41, 5.74) is 3.31. The molecule has 0 saturated heterocycles. The molecule has 0 atom stereocenters. The fourth-order valence-electron chi connectivity index (χ4n) is 3.13. The zero-order valence-electron chi connectivity index (χ0n) is 14.0. The molecule has 128 valence electrons. The Morgan fingerprint density at radius 3 is 2.92 bits per heavy atom. The molecule has 2 aromatic heterocycles. The molecule has 0 bridgehead atoms. The average Bonchev–Trinajstić information content (AvgIpc) is 3.01. The molecule has 4 rings (SSSR count). The molecule has 0 unspecified atom stereocenters. The second-order valence-corrected chi connectivity index (χ2v) is 6.47. The predicted molar refractivity (Wildman–Crippen MR) is 93.3 cm³/mol. The molecule has 1 amide bonds. The van der Waals surface area contributed by atoms with Gasteiger partial charge in [-0.15, -0.1) is 0 Å². The number of cyclic esters (lactones) is 1. The Labute approximate surface area is 144 Å². The number of nitrogens with zero attached hydrogens (tertiary/aromatic N) is 3. The Balaban J connectivity index is 1.90. The highest BCUT2D eigenvalue weighted by Crippen LogP contribution is 2.40. The highest BCUT2D eigenvalue weighted by atomic mass is 16.6. The second kappa shape index (κ2) is 5.56. The molecule has 0 spiro atoms. The maximum Gasteiger partial charge on any atom is 0.415 e. The number of aliphatic hydroxyl groups excluding tert-OH is 1. The fourth-order valence-corrected chi connectivity index (χ4v) is 3.13. The summed E-state index contributed by atoms with van der Waals surface area (Å²) < 4.78 is 5.54. The molecule has 7 nitrogen and oxygen atoms in total. The number of amides is 1. The van der Waals surface area contributed by atoms with E-state index in [0.717, 1.165) is 22.2 Å². The third-order valence-electron chi connectivity index (χ3n) is 4.36. The number of H-pyrrole nitrogens is 1. The molecule has 3 aromatic rings. The molecular weight excluding hydrogens is 320 g/mol. The molecule has 0 aliphatic carbocycles. The van der Waals surface area contributed by atoms with Gasteiger partial charge in [0.25, 0.3) is 0 Å². The van der Waals surface area contributed by atoms with Crippen LogP contribution in [-0.2, 0) is 10.3 Å². The van der Waals surface area contributed by atoms with Crippen molar-refractivity contribution in [3.05, 3.63) is 42.2 Å². The van der Waals surface area contributed by atoms with Gasteiger partial charge in [-0.3, -0.25) is 9.88 Å². The minimum atomic E-state index is -0.758. The van der Waals surface area contributed by atoms with Crippen molar-refractivity contribution >= 4 is 22.8 Å². The van der Waals surface area contributed by atoms with E-state index in [1.807, 2.05) is 38.1 Å². The Hall–Kier alpha value is -2.93. The van der Waals surface area contributed by atoms with Gasteiger partial charge in [-0.25, -0.2) is 9.78 Å². The molecule has 1 aliphatic rings. The third-order valence-corrected chi connectivity index (χ3v) is 4.36. The van der Waals surface area contributed by atoms with Gasteiger partial charge in [-0.2, -0.15) is 0 Å². The summed E-state index contributed by atoms with van der Waals surface area (Å²) in [5, 5.41) is 9.28. The number of aromatic nitrogens is 3. The number of β-amino-alcohol motifs (C(OH)–C–C–N with tert-alkyl or cyclic N) is 1. The number of carbonyl (C=O) groups excluding carboxylic acids is 1. The Morgan fingerprint density at radius 2 is 2.20 bits per heavy atom. The SMILES string of the molecule is CC1(C)OC(=O)N(CCO)c2cc3nc(-c4cccnc4)[nH]c3cc21. The van der Waals surface area contributed by atoms with Gasteiger partial charge in [0, 0.05) is 23.5 Å². The third kappa shape index (κ3) is 2.53. The number of benzene rings is 1. The number of pyridine rings is 1. The van der Waals surface area contributed by atoms with E-state index in [0.29, 0.717) is 11.5 Å². The Morgan fingerprint density at radius 1 is 1.36 bits per heavy atom. The van der Waals surface area contributed by atoms with Crippen molar-refractivity contribution in [2.75, 3.05) is 18.1 Å². The maximum atomic E-state index is 12.3. The highest BCUT2D eigenvalue weighted by Gasteiger charge is 2.38. The van der Waals surface area contributed by atoms with E-state index < -0.39 is 11.7 Å². The van der Waals surface area contributed by atoms with Crippen LogP contribution in [0.5, 0.6) is 0 Å². The molecule has 0 radical (unpaired) electrons. The summed E-state index contributed by atoms with van der Waals surface area (Å²) in [4.78, 5) is 25.8. The smallest absolute Gasteiger partial charge is 0.415 e. The molecule has 0 fully saturated rings. The van der Waals surface area contributed by atoms with Crippen molar-refractivity contribution < 1.29 is 14.6 Å². The summed E-state index contributed by atoms with van der Waals surface area (Å²) in [7, 11) is 0. The summed E-state index contributed by atoms with van der Waals surface area (Å²) in [6, 6.07) is 7.60. The van der Waals surface area contributed by atoms with Crippen molar-refractivity contribution in [2.24, 2.45) is 0 Å². The van der Waals surface area contributed by atoms with Gasteiger partial charge in [-0.1, -0.05) is 0 Å². The van der Waals surface area contributed by atoms with Crippen molar-refractivity contribution in [3.63, 3.8) is 0 Å². The molecule has 7 heteroatoms. The summed E-state index contributed by atoms with van der Waals surface area (Å²) in [6.07, 6.45) is 2.99. The molecule has 25 heavy (non-hydrogen) atoms. The first-order valence-electron chi connectivity index (χ1n) is 8.05. The summed E-state index contributed by atoms with van der Waals surface area (Å²) >= 11 is 0. The van der Waals surface area contributed by atoms with Gasteiger partial charge in [0.2, 0.25) is 0 Å². The number of hydrogen-bond donors (Lipinski definition) is 2. The minimum absolute atomic E-state index is 0.144. The molecular formula is C18H18N4O3. The van der Waals surface area contributed by atoms with E-state index in [4.69, 9.17) is 4.74 Å². The summed E-state index contributed by atoms with van der Waals surface area (Å²) in [6.45, 7) is 3.73. The number of hydrogen-bond acceptors (Lipinski definition) is 5. The summed E-state index contributed by atoms with van der Waals surface area (Å²) in [5.74, 6) is 0.712. The van der Waals surface area contributed by atoms with Crippen molar-refractivity contribution in [3.8, 4) is 11.4 Å². The van der Waals surface area contributed by atoms with Crippen molar-refractivity contribution in [2.45, 2.75) is 19.4 Å². The first-order valence-corrected chi connectivity index (χ1v) is 8.05. The van der Waals surface area contributed by atoms with E-state index in [9.17, 15) is 9.90 Å². The van der Waals surface area contributed by atoms with Crippen LogP contribution in [0, 0.1) is 0 Å². The highest BCUT2D eigenvalue weighted by molar-refractivity contribution is 5.95. The molecule has 1 aromatic carbocycles. The number of anilines is 1. The Kier molecular flexibility index (Phi) is 3.47. The second-order valence-electron chi connectivity index (χ2n) is 6.47. The number of carbonyl (C=O) groups is 1. The van der Waals surface area contributed by atoms with Crippen LogP contribution < -0.4 is 4.90 Å². The molecule has 1 aliphatic heterocycles. The van der Waals surface area contributed by atoms with E-state index in [-0.39, 0.29) is 13.2 Å². The van der Waals surface area contributed by atoms with Crippen LogP contribution in [-0.4, -0.2) is 39.3 Å². The number of aromatic amines is 1. The quantitative estimate of drug-likeness (QED) is 0.766. The van der Waals surface area contributed by atoms with E-state index in [1.54, 1.807) is 12.4 Å². The normalized spacial score (nSPS) is 16.0. The van der Waals surface area contributed by atoms with Gasteiger partial charge in [0.15, 0.2) is 0 Å². The van der Waals surface area contributed by atoms with Gasteiger partial charge >= 0.3 is 6.09 Å². The minimum Gasteiger partial charge on any atom is -0.438 e. The zero-order valence-corrected chi connectivity index (χ0v) is 14.0. The number of rotatable bonds is 3. The lowest BCUT2D eigenvalue weighted by Crippen LogP contribution is -2.44. The fraction of sp³-hybridized carbons (Fsp3) is 0.278. The van der Waals surface area contributed by atoms with Crippen LogP contribution >= 0.6 is 0 Å². The van der Waals surface area contributed by atoms with Crippen LogP contribution in [0.4, 0.5) is 10.5 Å². The lowest BCUT2D eigenvalue weighted by atomic mass is 9.93. The van der Waals surface area contributed by atoms with Crippen molar-refractivity contribution in [1.82, 2.24) is 15.0 Å². The number of ether oxygens (including phenoxy) is 1. The van der Waals surface area contributed by atoms with Crippen molar-refractivity contribution in [1.29, 1.82) is 0 Å². The van der Waals surface area contributed by atoms with Crippen LogP contribution in [0.1, 0.15) is 19.4 Å². The number of imidazole rings is 1. The molecule has 2 N–H and O–H groups in total. The number of nitrogens with one attached hydrogen (secondary N) is 1. The molecule has 0 saturated carbocycles. The van der Waals surface area contributed by atoms with Crippen LogP contribution in [0.2, 0.25) is 0 Å². The van der Waals surface area contributed by atoms with Crippen LogP contribution in [0.15, 0.2) is 36.7 Å². The van der Waals surface area contributed by atoms with E-state index >= 15 is 0 Å². The largest absolute Gasteiger partial charge is 0.438 e. The average molecular weight is 338 g/mol. The standard InChI is InChI=1S/C18H18N4O3/c1-18(2)12-8-13-14(9-15(12)22(6-7-23)17(24)25-18)21-16(20-13)11-4-3-5-19-10-11/h3-5,8-10,23H,6-7H2,1-2H3,(H,20,21).